The molecule has 2 aromatic carbocycles. The number of rotatable bonds is 6. The molecule has 4 aliphatic carbocycles. The van der Waals surface area contributed by atoms with E-state index in [0.29, 0.717) is 21.9 Å². The first kappa shape index (κ1) is 25.7. The van der Waals surface area contributed by atoms with Crippen LogP contribution in [0.5, 0.6) is 11.6 Å². The van der Waals surface area contributed by atoms with E-state index in [4.69, 9.17) is 4.74 Å². The van der Waals surface area contributed by atoms with Gasteiger partial charge in [0.1, 0.15) is 11.3 Å². The van der Waals surface area contributed by atoms with Crippen molar-refractivity contribution in [3.05, 3.63) is 72.8 Å². The summed E-state index contributed by atoms with van der Waals surface area (Å²) in [5, 5.41) is 11.6. The Labute approximate surface area is 242 Å². The number of hydrogen-bond acceptors (Lipinski definition) is 7. The molecule has 40 heavy (non-hydrogen) atoms. The number of thiazole rings is 1. The first-order chi connectivity index (χ1) is 19.3. The summed E-state index contributed by atoms with van der Waals surface area (Å²) in [6.07, 6.45) is 9.05. The third-order valence-corrected chi connectivity index (χ3v) is 10.5. The van der Waals surface area contributed by atoms with Gasteiger partial charge in [-0.1, -0.05) is 17.4 Å². The Hall–Kier alpha value is -3.24. The Morgan fingerprint density at radius 2 is 1.88 bits per heavy atom. The van der Waals surface area contributed by atoms with Crippen molar-refractivity contribution in [3.63, 3.8) is 0 Å². The van der Waals surface area contributed by atoms with Crippen LogP contribution < -0.4 is 16.0 Å². The van der Waals surface area contributed by atoms with Crippen LogP contribution in [0.25, 0.3) is 15.9 Å². The third-order valence-electron chi connectivity index (χ3n) is 8.92. The van der Waals surface area contributed by atoms with Gasteiger partial charge in [0.05, 0.1) is 22.5 Å². The van der Waals surface area contributed by atoms with E-state index >= 15 is 0 Å². The second kappa shape index (κ2) is 9.69. The summed E-state index contributed by atoms with van der Waals surface area (Å²) in [7, 11) is 0. The largest absolute Gasteiger partial charge is 0.494 e. The van der Waals surface area contributed by atoms with Crippen LogP contribution in [0.2, 0.25) is 0 Å². The summed E-state index contributed by atoms with van der Waals surface area (Å²) in [6, 6.07) is 11.6. The van der Waals surface area contributed by atoms with Crippen molar-refractivity contribution in [2.24, 2.45) is 22.7 Å². The maximum absolute atomic E-state index is 12.9. The van der Waals surface area contributed by atoms with Crippen LogP contribution in [-0.4, -0.2) is 32.5 Å². The molecule has 2 N–H and O–H groups in total. The molecule has 4 bridgehead atoms. The lowest BCUT2D eigenvalue weighted by Crippen LogP contribution is -2.48. The highest BCUT2D eigenvalue weighted by molar-refractivity contribution is 9.10. The lowest BCUT2D eigenvalue weighted by molar-refractivity contribution is -0.00521. The number of nitrogens with zero attached hydrogens (tertiary/aromatic N) is 3. The zero-order valence-corrected chi connectivity index (χ0v) is 24.4. The minimum atomic E-state index is -0.719. The van der Waals surface area contributed by atoms with Gasteiger partial charge in [0.15, 0.2) is 0 Å². The molecule has 10 heteroatoms. The molecule has 8 nitrogen and oxygen atoms in total. The minimum Gasteiger partial charge on any atom is -0.494 e. The fourth-order valence-corrected chi connectivity index (χ4v) is 9.08. The van der Waals surface area contributed by atoms with E-state index in [9.17, 15) is 14.7 Å². The molecule has 0 spiro atoms. The Morgan fingerprint density at radius 3 is 2.55 bits per heavy atom. The Kier molecular flexibility index (Phi) is 6.23. The van der Waals surface area contributed by atoms with E-state index in [2.05, 4.69) is 43.0 Å². The normalized spacial score (nSPS) is 25.3. The number of aromatic hydroxyl groups is 1. The van der Waals surface area contributed by atoms with E-state index in [0.717, 1.165) is 38.3 Å². The zero-order chi connectivity index (χ0) is 27.6. The molecular weight excluding hydrogens is 592 g/mol. The molecule has 4 aliphatic rings. The fraction of sp³-hybridized carbons (Fsp3) is 0.400. The van der Waals surface area contributed by atoms with Crippen LogP contribution in [0.4, 0.5) is 5.13 Å². The van der Waals surface area contributed by atoms with Gasteiger partial charge in [0, 0.05) is 10.7 Å². The highest BCUT2D eigenvalue weighted by atomic mass is 79.9. The second-order valence-electron chi connectivity index (χ2n) is 11.5. The van der Waals surface area contributed by atoms with E-state index in [1.54, 1.807) is 0 Å². The number of H-pyrrole nitrogens is 1. The Bertz CT molecular complexity index is 1750. The predicted octanol–water partition coefficient (Wildman–Crippen LogP) is 6.22. The number of aromatic amines is 1. The van der Waals surface area contributed by atoms with Crippen LogP contribution in [0, 0.1) is 17.8 Å². The van der Waals surface area contributed by atoms with Gasteiger partial charge in [-0.05, 0) is 120 Å². The van der Waals surface area contributed by atoms with Gasteiger partial charge in [-0.3, -0.25) is 9.78 Å². The summed E-state index contributed by atoms with van der Waals surface area (Å²) in [6.45, 7) is 2.49. The number of benzene rings is 2. The van der Waals surface area contributed by atoms with E-state index in [1.165, 1.54) is 61.6 Å². The fourth-order valence-electron chi connectivity index (χ4n) is 7.68. The molecule has 4 fully saturated rings. The molecule has 2 heterocycles. The summed E-state index contributed by atoms with van der Waals surface area (Å²) >= 11 is 5.01. The van der Waals surface area contributed by atoms with Crippen molar-refractivity contribution < 1.29 is 9.84 Å². The maximum atomic E-state index is 12.9. The van der Waals surface area contributed by atoms with E-state index in [-0.39, 0.29) is 11.0 Å². The van der Waals surface area contributed by atoms with Gasteiger partial charge in [0.2, 0.25) is 11.0 Å². The number of aromatic nitrogens is 3. The van der Waals surface area contributed by atoms with Gasteiger partial charge < -0.3 is 9.84 Å². The Balaban J connectivity index is 1.22. The van der Waals surface area contributed by atoms with E-state index in [1.807, 2.05) is 31.2 Å². The topological polar surface area (TPSA) is 110 Å². The average Bonchev–Trinajstić information content (AvgIpc) is 3.31. The molecule has 0 amide bonds. The average molecular weight is 622 g/mol. The summed E-state index contributed by atoms with van der Waals surface area (Å²) in [5.74, 6) is 2.73. The van der Waals surface area contributed by atoms with Crippen molar-refractivity contribution in [1.29, 1.82) is 0 Å². The summed E-state index contributed by atoms with van der Waals surface area (Å²) < 4.78 is 8.26. The van der Waals surface area contributed by atoms with Crippen molar-refractivity contribution in [2.75, 3.05) is 6.61 Å². The molecule has 2 aromatic heterocycles. The Morgan fingerprint density at radius 1 is 1.15 bits per heavy atom. The van der Waals surface area contributed by atoms with Gasteiger partial charge in [-0.15, -0.1) is 0 Å². The lowest BCUT2D eigenvalue weighted by Gasteiger charge is -2.57. The number of fused-ring (bicyclic) bond motifs is 1. The summed E-state index contributed by atoms with van der Waals surface area (Å²) in [5.41, 5.74) is 1.16. The molecule has 4 aromatic rings. The van der Waals surface area contributed by atoms with Gasteiger partial charge in [-0.2, -0.15) is 0 Å². The number of hydrogen-bond donors (Lipinski definition) is 2. The molecular formula is C30H29BrN4O4S. The first-order valence-electron chi connectivity index (χ1n) is 13.8. The van der Waals surface area contributed by atoms with Crippen LogP contribution >= 0.6 is 27.3 Å². The number of aliphatic imine (C=N–C) groups is 1. The maximum Gasteiger partial charge on any atom is 0.335 e. The molecule has 0 aliphatic heterocycles. The first-order valence-corrected chi connectivity index (χ1v) is 15.4. The smallest absolute Gasteiger partial charge is 0.335 e. The van der Waals surface area contributed by atoms with E-state index < -0.39 is 17.1 Å². The van der Waals surface area contributed by atoms with Crippen LogP contribution in [0.15, 0.2) is 55.5 Å². The predicted molar refractivity (Wildman–Crippen MR) is 160 cm³/mol. The van der Waals surface area contributed by atoms with Crippen molar-refractivity contribution in [1.82, 2.24) is 14.5 Å². The number of nitrogens with one attached hydrogen (secondary N) is 1. The third kappa shape index (κ3) is 4.32. The molecule has 4 saturated carbocycles. The van der Waals surface area contributed by atoms with Gasteiger partial charge in [-0.25, -0.2) is 19.3 Å². The van der Waals surface area contributed by atoms with Crippen molar-refractivity contribution in [2.45, 2.75) is 50.9 Å². The molecule has 8 rings (SSSR count). The van der Waals surface area contributed by atoms with Crippen LogP contribution in [0.1, 0.15) is 56.6 Å². The minimum absolute atomic E-state index is 0.120. The number of ether oxygens (including phenoxy) is 1. The van der Waals surface area contributed by atoms with Crippen LogP contribution in [-0.2, 0) is 5.41 Å². The SMILES string of the molecule is CCOc1ccc2nc(N=Cc3c(O)n(-c4ccc(C56CC7CC(CC(C7)C5)C6)cc4Br)c(=O)[nH]c3=O)sc2c1. The van der Waals surface area contributed by atoms with Crippen molar-refractivity contribution in [3.8, 4) is 17.3 Å². The highest BCUT2D eigenvalue weighted by Gasteiger charge is 2.51. The standard InChI is InChI=1S/C30H29BrN4O4S/c1-2-39-20-4-5-23-25(11-20)40-28(33-23)32-15-21-26(36)34-29(38)35(27(21)37)24-6-3-19(10-22(24)31)30-12-16-7-17(13-30)9-18(8-16)14-30/h3-6,10-11,15-18,37H,2,7-9,12-14H2,1H3,(H,34,36,38). The molecule has 0 saturated heterocycles. The quantitative estimate of drug-likeness (QED) is 0.249. The zero-order valence-electron chi connectivity index (χ0n) is 22.0. The molecule has 206 valence electrons. The van der Waals surface area contributed by atoms with Gasteiger partial charge >= 0.3 is 5.69 Å². The molecule has 0 radical (unpaired) electrons. The lowest BCUT2D eigenvalue weighted by atomic mass is 9.48. The van der Waals surface area contributed by atoms with Crippen LogP contribution in [0.3, 0.4) is 0 Å². The second-order valence-corrected chi connectivity index (χ2v) is 13.4. The molecule has 0 atom stereocenters. The summed E-state index contributed by atoms with van der Waals surface area (Å²) in [4.78, 5) is 36.8. The highest BCUT2D eigenvalue weighted by Crippen LogP contribution is 2.61. The monoisotopic (exact) mass is 620 g/mol. The molecule has 0 unspecified atom stereocenters. The van der Waals surface area contributed by atoms with Gasteiger partial charge in [0.25, 0.3) is 5.56 Å². The van der Waals surface area contributed by atoms with Crippen molar-refractivity contribution >= 4 is 48.8 Å². The number of halogens is 1.